The molecule has 12 heterocycles. The lowest BCUT2D eigenvalue weighted by atomic mass is 9.80. The summed E-state index contributed by atoms with van der Waals surface area (Å²) >= 11 is 0. The molecule has 6 unspecified atom stereocenters. The van der Waals surface area contributed by atoms with Crippen molar-refractivity contribution < 1.29 is 45.9 Å². The summed E-state index contributed by atoms with van der Waals surface area (Å²) in [6, 6.07) is 51.3. The number of hydrogen-bond acceptors (Lipinski definition) is 12. The van der Waals surface area contributed by atoms with E-state index in [9.17, 15) is 28.4 Å². The van der Waals surface area contributed by atoms with Gasteiger partial charge in [-0.2, -0.15) is 20.4 Å². The highest BCUT2D eigenvalue weighted by atomic mass is 19.1. The van der Waals surface area contributed by atoms with Gasteiger partial charge in [-0.15, -0.1) is 0 Å². The molecule has 0 N–H and O–H groups in total. The second-order valence-corrected chi connectivity index (χ2v) is 39.2. The number of anilines is 4. The van der Waals surface area contributed by atoms with Gasteiger partial charge in [0.2, 0.25) is 29.5 Å². The lowest BCUT2D eigenvalue weighted by Crippen LogP contribution is -2.46. The molecule has 12 aromatic rings. The summed E-state index contributed by atoms with van der Waals surface area (Å²) in [6.07, 6.45) is 28.8. The second-order valence-electron chi connectivity index (χ2n) is 39.2. The Morgan fingerprint density at radius 2 is 0.737 bits per heavy atom. The first kappa shape index (κ1) is 88.4. The van der Waals surface area contributed by atoms with Gasteiger partial charge in [0.1, 0.15) is 29.1 Å². The Bertz CT molecular complexity index is 6510. The van der Waals surface area contributed by atoms with E-state index in [4.69, 9.17) is 0 Å². The van der Waals surface area contributed by atoms with Crippen molar-refractivity contribution >= 4 is 52.3 Å². The molecule has 5 amide bonds. The van der Waals surface area contributed by atoms with E-state index in [2.05, 4.69) is 68.0 Å². The lowest BCUT2D eigenvalue weighted by molar-refractivity contribution is -0.132. The van der Waals surface area contributed by atoms with E-state index in [0.29, 0.717) is 72.4 Å². The first-order valence-corrected chi connectivity index (χ1v) is 47.2. The number of hydrogen-bond donors (Lipinski definition) is 0. The third-order valence-electron chi connectivity index (χ3n) is 30.7. The Morgan fingerprint density at radius 3 is 1.14 bits per heavy atom. The van der Waals surface area contributed by atoms with Crippen LogP contribution in [0.2, 0.25) is 0 Å². The van der Waals surface area contributed by atoms with Crippen molar-refractivity contribution in [3.8, 4) is 44.5 Å². The van der Waals surface area contributed by atoms with Crippen LogP contribution in [0.3, 0.4) is 0 Å². The van der Waals surface area contributed by atoms with Crippen LogP contribution in [0.1, 0.15) is 155 Å². The zero-order valence-electron chi connectivity index (χ0n) is 76.6. The number of carbonyl (C=O) groups is 5. The fourth-order valence-electron chi connectivity index (χ4n) is 23.3. The van der Waals surface area contributed by atoms with Gasteiger partial charge in [-0.3, -0.25) is 57.4 Å². The van der Waals surface area contributed by atoms with Gasteiger partial charge in [-0.1, -0.05) is 142 Å². The fourth-order valence-corrected chi connectivity index (χ4v) is 23.3. The van der Waals surface area contributed by atoms with Gasteiger partial charge >= 0.3 is 0 Å². The van der Waals surface area contributed by atoms with E-state index in [-0.39, 0.29) is 90.2 Å². The minimum absolute atomic E-state index is 0.00495. The van der Waals surface area contributed by atoms with Gasteiger partial charge in [0.05, 0.1) is 72.6 Å². The van der Waals surface area contributed by atoms with Crippen molar-refractivity contribution in [2.45, 2.75) is 177 Å². The van der Waals surface area contributed by atoms with Gasteiger partial charge in [0, 0.05) is 183 Å². The molecule has 0 radical (unpaired) electrons. The maximum Gasteiger partial charge on any atom is 0.239 e. The highest BCUT2D eigenvalue weighted by Gasteiger charge is 2.60. The normalized spacial score (nSPS) is 23.2. The van der Waals surface area contributed by atoms with Crippen LogP contribution in [0.25, 0.3) is 44.5 Å². The summed E-state index contributed by atoms with van der Waals surface area (Å²) in [4.78, 5) is 84.4. The highest BCUT2D eigenvalue weighted by molar-refractivity contribution is 6.11. The molecule has 4 saturated heterocycles. The number of rotatable bonds is 16. The van der Waals surface area contributed by atoms with Crippen LogP contribution >= 0.6 is 0 Å². The first-order chi connectivity index (χ1) is 64.3. The third kappa shape index (κ3) is 16.2. The molecular weight excluding hydrogens is 1680 g/mol. The van der Waals surface area contributed by atoms with Crippen molar-refractivity contribution in [3.05, 3.63) is 287 Å². The summed E-state index contributed by atoms with van der Waals surface area (Å²) < 4.78 is 82.2. The average molecular weight is 1800 g/mol. The number of benzene rings is 8. The molecule has 0 bridgehead atoms. The molecule has 4 aromatic heterocycles. The topological polar surface area (TPSA) is 183 Å². The van der Waals surface area contributed by atoms with Crippen LogP contribution in [0.15, 0.2) is 213 Å². The van der Waals surface area contributed by atoms with Crippen molar-refractivity contribution in [2.75, 3.05) is 72.0 Å². The third-order valence-corrected chi connectivity index (χ3v) is 30.7. The molecule has 23 rings (SSSR count). The maximum absolute atomic E-state index is 15.2. The standard InChI is InChI=1S/C29H33FN4O.C27H28F2N4O.C26H25FN4O2.C25H27FN4O/c1-20-7-3-5-9-26(20)33-14-13-29(19-33)24-8-4-6-10-27(24)34(28(29)35)18-22-12-11-21(15-25(22)30)23-16-31-32(2)17-23;1-31-15-19(14-30-31)21-13-23(28)18(12-24(21)29)16-33-25-9-5-4-8-22(25)27(26(33)34)10-11-32(17-27)20-6-2-3-7-20;1-29-14-20(13-28-29)18-8-9-19(22(27)12-18)15-31-23-5-3-2-4-21(23)26(25(31)33)10-11-30(16-26)24(32)17-6-7-17;1-17(2)29-11-10-25(16-29)21-6-4-5-7-23(21)30(24(25)31)15-19-9-8-18(12-22(19)26)20-13-27-28(3)14-20/h4,6,8,10-12,15-17,20,26H,3,5,7,9,13-14,18-19H2,1-2H3;4-5,8-9,12-15,20H,2-3,6-7,10-11,16-17H2,1H3;2-5,8-9,12-14,17H,6-7,10-11,15-16H2,1H3;4-9,12-14,17H,10-11,15-16H2,1-3H3. The molecule has 3 saturated carbocycles. The maximum atomic E-state index is 15.2. The summed E-state index contributed by atoms with van der Waals surface area (Å²) in [6.45, 7) is 13.3. The summed E-state index contributed by atoms with van der Waals surface area (Å²) in [5.41, 5.74) is 12.6. The molecule has 4 spiro atoms. The molecule has 21 nitrogen and oxygen atoms in total. The van der Waals surface area contributed by atoms with Crippen molar-refractivity contribution in [1.82, 2.24) is 58.7 Å². The van der Waals surface area contributed by atoms with E-state index in [1.807, 2.05) is 159 Å². The largest absolute Gasteiger partial charge is 0.341 e. The quantitative estimate of drug-likeness (QED) is 0.0836. The van der Waals surface area contributed by atoms with Gasteiger partial charge < -0.3 is 24.5 Å². The van der Waals surface area contributed by atoms with Crippen molar-refractivity contribution in [2.24, 2.45) is 40.0 Å². The van der Waals surface area contributed by atoms with E-state index in [1.54, 1.807) is 83.5 Å². The monoisotopic (exact) mass is 1800 g/mol. The van der Waals surface area contributed by atoms with Crippen LogP contribution in [0, 0.1) is 40.9 Å². The Labute approximate surface area is 772 Å². The molecule has 6 atom stereocenters. The van der Waals surface area contributed by atoms with Crippen molar-refractivity contribution in [3.63, 3.8) is 0 Å². The number of nitrogens with zero attached hydrogens (tertiary/aromatic N) is 16. The van der Waals surface area contributed by atoms with Crippen LogP contribution in [0.4, 0.5) is 44.7 Å². The minimum Gasteiger partial charge on any atom is -0.341 e. The smallest absolute Gasteiger partial charge is 0.239 e. The number of fused-ring (bicyclic) bond motifs is 8. The molecule has 133 heavy (non-hydrogen) atoms. The second kappa shape index (κ2) is 35.5. The number of likely N-dealkylation sites (tertiary alicyclic amines) is 4. The number of halogens is 5. The molecule has 26 heteroatoms. The minimum atomic E-state index is -0.729. The molecule has 686 valence electrons. The van der Waals surface area contributed by atoms with E-state index in [1.165, 1.54) is 81.8 Å². The summed E-state index contributed by atoms with van der Waals surface area (Å²) in [5.74, 6) is -0.817. The zero-order chi connectivity index (χ0) is 92.1. The lowest BCUT2D eigenvalue weighted by Gasteiger charge is -2.37. The molecule has 11 aliphatic rings. The zero-order valence-corrected chi connectivity index (χ0v) is 76.6. The molecule has 8 aliphatic heterocycles. The number of para-hydroxylation sites is 4. The summed E-state index contributed by atoms with van der Waals surface area (Å²) in [5, 5.41) is 16.5. The van der Waals surface area contributed by atoms with Gasteiger partial charge in [0.15, 0.2) is 0 Å². The number of amides is 5. The Hall–Kier alpha value is -12.5. The SMILES string of the molecule is CC(C)N1CCC2(C1)C(=O)N(Cc1ccc(-c3cnn(C)c3)cc1F)c1ccccc12.CC1CCCCC1N1CCC2(C1)C(=O)N(Cc1ccc(-c3cnn(C)c3)cc1F)c1ccccc12.Cn1cc(-c2cc(F)c(CN3C(=O)C4(CCN(C5CCCC5)C4)c4ccccc43)cc2F)cn1.Cn1cc(-c2ccc(CN3C(=O)C4(CCN(C(=O)C5CC5)C4)c4ccccc43)c(F)c2)cn1. The van der Waals surface area contributed by atoms with Gasteiger partial charge in [-0.25, -0.2) is 22.0 Å². The number of aromatic nitrogens is 8. The highest BCUT2D eigenvalue weighted by Crippen LogP contribution is 2.55. The van der Waals surface area contributed by atoms with Gasteiger partial charge in [0.25, 0.3) is 0 Å². The fraction of sp³-hybridized carbons (Fsp3) is 0.393. The molecule has 7 fully saturated rings. The number of carbonyl (C=O) groups excluding carboxylic acids is 5. The Morgan fingerprint density at radius 1 is 0.376 bits per heavy atom. The Balaban J connectivity index is 0.000000110. The molecular formula is C107H113F5N16O5. The van der Waals surface area contributed by atoms with Crippen LogP contribution < -0.4 is 19.6 Å². The predicted molar refractivity (Wildman–Crippen MR) is 503 cm³/mol. The van der Waals surface area contributed by atoms with Crippen LogP contribution in [0.5, 0.6) is 0 Å². The van der Waals surface area contributed by atoms with Crippen LogP contribution in [-0.2, 0) is 100 Å². The van der Waals surface area contributed by atoms with E-state index in [0.717, 1.165) is 143 Å². The number of aryl methyl sites for hydroxylation is 4. The molecule has 8 aromatic carbocycles. The van der Waals surface area contributed by atoms with Crippen molar-refractivity contribution in [1.29, 1.82) is 0 Å². The average Bonchev–Trinajstić information content (AvgIpc) is 1.58. The predicted octanol–water partition coefficient (Wildman–Crippen LogP) is 17.9. The van der Waals surface area contributed by atoms with Gasteiger partial charge in [-0.05, 0) is 197 Å². The van der Waals surface area contributed by atoms with E-state index < -0.39 is 33.3 Å². The van der Waals surface area contributed by atoms with E-state index >= 15 is 17.6 Å². The molecule has 3 aliphatic carbocycles. The first-order valence-electron chi connectivity index (χ1n) is 47.2. The van der Waals surface area contributed by atoms with Crippen LogP contribution in [-0.4, -0.2) is 159 Å². The summed E-state index contributed by atoms with van der Waals surface area (Å²) in [7, 11) is 7.24. The Kier molecular flexibility index (Phi) is 23.6.